The molecule has 1 fully saturated rings. The molecule has 1 saturated carbocycles. The van der Waals surface area contributed by atoms with Gasteiger partial charge in [-0.05, 0) is 0 Å². The first-order valence-electron chi connectivity index (χ1n) is 5.03. The number of rotatable bonds is 4. The van der Waals surface area contributed by atoms with E-state index in [1.54, 1.807) is 0 Å². The third-order valence-electron chi connectivity index (χ3n) is 2.56. The number of hydrogen-bond donors (Lipinski definition) is 8. The minimum atomic E-state index is -5.16. The van der Waals surface area contributed by atoms with Crippen molar-refractivity contribution in [2.75, 3.05) is 0 Å². The molecule has 0 aliphatic heterocycles. The van der Waals surface area contributed by atoms with Crippen LogP contribution in [0.1, 0.15) is 0 Å². The first-order valence-corrected chi connectivity index (χ1v) is 8.10. The summed E-state index contributed by atoms with van der Waals surface area (Å²) in [7, 11) is -10.3. The molecular weight excluding hydrogens is 326 g/mol. The SMILES string of the molecule is O=P(O)(O)O[C@H]1[C@@H](O)[C@@H](O)[C@H](OP(=O)(O)O)[C@@H](O)[C@@H]1O. The van der Waals surface area contributed by atoms with Gasteiger partial charge in [-0.15, -0.1) is 0 Å². The molecule has 0 aromatic carbocycles. The molecule has 1 aliphatic carbocycles. The molecule has 1 aliphatic rings. The molecule has 120 valence electrons. The molecule has 0 heterocycles. The molecule has 1 rings (SSSR count). The van der Waals surface area contributed by atoms with Gasteiger partial charge in [0.25, 0.3) is 0 Å². The van der Waals surface area contributed by atoms with Crippen LogP contribution in [0.2, 0.25) is 0 Å². The average Bonchev–Trinajstić information content (AvgIpc) is 2.25. The fraction of sp³-hybridized carbons (Fsp3) is 1.00. The average molecular weight is 340 g/mol. The summed E-state index contributed by atoms with van der Waals surface area (Å²) in [5, 5.41) is 38.1. The summed E-state index contributed by atoms with van der Waals surface area (Å²) in [4.78, 5) is 34.3. The highest BCUT2D eigenvalue weighted by Crippen LogP contribution is 2.45. The van der Waals surface area contributed by atoms with Crippen molar-refractivity contribution in [3.63, 3.8) is 0 Å². The highest BCUT2D eigenvalue weighted by atomic mass is 31.2. The second-order valence-electron chi connectivity index (χ2n) is 4.08. The second-order valence-corrected chi connectivity index (χ2v) is 6.47. The quantitative estimate of drug-likeness (QED) is 0.233. The normalized spacial score (nSPS) is 39.8. The van der Waals surface area contributed by atoms with Crippen LogP contribution in [0.5, 0.6) is 0 Å². The summed E-state index contributed by atoms with van der Waals surface area (Å²) < 4.78 is 29.3. The molecule has 0 saturated heterocycles. The molecule has 0 spiro atoms. The molecule has 0 aromatic rings. The van der Waals surface area contributed by atoms with Gasteiger partial charge in [-0.3, -0.25) is 9.05 Å². The third kappa shape index (κ3) is 4.53. The third-order valence-corrected chi connectivity index (χ3v) is 3.60. The first-order chi connectivity index (χ1) is 8.83. The van der Waals surface area contributed by atoms with Gasteiger partial charge >= 0.3 is 15.6 Å². The van der Waals surface area contributed by atoms with Crippen LogP contribution in [0, 0.1) is 0 Å². The Hall–Kier alpha value is 0.0600. The molecule has 12 nitrogen and oxygen atoms in total. The van der Waals surface area contributed by atoms with Gasteiger partial charge in [-0.25, -0.2) is 9.13 Å². The maximum absolute atomic E-state index is 10.6. The molecule has 8 N–H and O–H groups in total. The van der Waals surface area contributed by atoms with Crippen molar-refractivity contribution in [3.05, 3.63) is 0 Å². The zero-order valence-corrected chi connectivity index (χ0v) is 11.4. The molecule has 0 amide bonds. The topological polar surface area (TPSA) is 214 Å². The van der Waals surface area contributed by atoms with Crippen molar-refractivity contribution in [2.24, 2.45) is 0 Å². The molecule has 6 atom stereocenters. The van der Waals surface area contributed by atoms with Gasteiger partial charge in [0.05, 0.1) is 0 Å². The minimum absolute atomic E-state index is 2.09. The van der Waals surface area contributed by atoms with Crippen molar-refractivity contribution >= 4 is 15.6 Å². The molecule has 0 unspecified atom stereocenters. The standard InChI is InChI=1S/C6H14O12P2/c7-1-2(8)6(18-20(14,15)16)4(10)3(9)5(1)17-19(11,12)13/h1-10H,(H2,11,12,13)(H2,14,15,16)/t1-,2-,3-,4+,5+,6+/m0/s1. The number of aliphatic hydroxyl groups excluding tert-OH is 4. The van der Waals surface area contributed by atoms with Crippen LogP contribution >= 0.6 is 15.6 Å². The maximum atomic E-state index is 10.6. The molecular formula is C6H14O12P2. The van der Waals surface area contributed by atoms with Crippen LogP contribution in [0.4, 0.5) is 0 Å². The number of phosphoric acid groups is 2. The Morgan fingerprint density at radius 1 is 0.600 bits per heavy atom. The maximum Gasteiger partial charge on any atom is 0.470 e. The van der Waals surface area contributed by atoms with Gasteiger partial charge in [-0.1, -0.05) is 0 Å². The van der Waals surface area contributed by atoms with Gasteiger partial charge in [-0.2, -0.15) is 0 Å². The summed E-state index contributed by atoms with van der Waals surface area (Å²) in [5.41, 5.74) is 0. The van der Waals surface area contributed by atoms with E-state index in [1.807, 2.05) is 0 Å². The Morgan fingerprint density at radius 2 is 0.800 bits per heavy atom. The number of phosphoric ester groups is 2. The van der Waals surface area contributed by atoms with E-state index in [2.05, 4.69) is 9.05 Å². The van der Waals surface area contributed by atoms with Gasteiger partial charge < -0.3 is 40.0 Å². The van der Waals surface area contributed by atoms with E-state index in [0.717, 1.165) is 0 Å². The Balaban J connectivity index is 2.96. The van der Waals surface area contributed by atoms with Crippen molar-refractivity contribution in [2.45, 2.75) is 36.6 Å². The van der Waals surface area contributed by atoms with Crippen molar-refractivity contribution in [1.82, 2.24) is 0 Å². The van der Waals surface area contributed by atoms with Crippen LogP contribution < -0.4 is 0 Å². The monoisotopic (exact) mass is 340 g/mol. The van der Waals surface area contributed by atoms with E-state index in [1.165, 1.54) is 0 Å². The van der Waals surface area contributed by atoms with Crippen LogP contribution in [-0.4, -0.2) is 76.6 Å². The van der Waals surface area contributed by atoms with E-state index in [9.17, 15) is 29.6 Å². The predicted octanol–water partition coefficient (Wildman–Crippen LogP) is -3.60. The lowest BCUT2D eigenvalue weighted by Gasteiger charge is -2.42. The Labute approximate surface area is 111 Å². The first kappa shape index (κ1) is 18.1. The Kier molecular flexibility index (Phi) is 5.48. The summed E-state index contributed by atoms with van der Waals surface area (Å²) in [6.07, 6.45) is -12.8. The fourth-order valence-electron chi connectivity index (χ4n) is 1.75. The van der Waals surface area contributed by atoms with Crippen molar-refractivity contribution in [1.29, 1.82) is 0 Å². The minimum Gasteiger partial charge on any atom is -0.387 e. The van der Waals surface area contributed by atoms with Gasteiger partial charge in [0, 0.05) is 0 Å². The summed E-state index contributed by atoms with van der Waals surface area (Å²) in [6, 6.07) is 0. The van der Waals surface area contributed by atoms with E-state index >= 15 is 0 Å². The van der Waals surface area contributed by atoms with Gasteiger partial charge in [0.1, 0.15) is 36.6 Å². The van der Waals surface area contributed by atoms with E-state index in [4.69, 9.17) is 19.6 Å². The Bertz CT molecular complexity index is 372. The zero-order chi connectivity index (χ0) is 15.9. The van der Waals surface area contributed by atoms with Crippen LogP contribution in [0.25, 0.3) is 0 Å². The second kappa shape index (κ2) is 6.05. The molecule has 0 bridgehead atoms. The lowest BCUT2D eigenvalue weighted by Crippen LogP contribution is -2.64. The highest BCUT2D eigenvalue weighted by Gasteiger charge is 2.53. The number of hydrogen-bond acceptors (Lipinski definition) is 8. The van der Waals surface area contributed by atoms with Gasteiger partial charge in [0.2, 0.25) is 0 Å². The summed E-state index contributed by atoms with van der Waals surface area (Å²) in [5.74, 6) is 0. The fourth-order valence-corrected chi connectivity index (χ4v) is 2.88. The molecule has 14 heteroatoms. The highest BCUT2D eigenvalue weighted by molar-refractivity contribution is 7.46. The van der Waals surface area contributed by atoms with Crippen molar-refractivity contribution < 1.29 is 58.2 Å². The van der Waals surface area contributed by atoms with E-state index < -0.39 is 52.3 Å². The van der Waals surface area contributed by atoms with E-state index in [0.29, 0.717) is 0 Å². The Morgan fingerprint density at radius 3 is 0.950 bits per heavy atom. The predicted molar refractivity (Wildman–Crippen MR) is 57.9 cm³/mol. The summed E-state index contributed by atoms with van der Waals surface area (Å²) >= 11 is 0. The van der Waals surface area contributed by atoms with Crippen LogP contribution in [-0.2, 0) is 18.2 Å². The smallest absolute Gasteiger partial charge is 0.387 e. The lowest BCUT2D eigenvalue weighted by molar-refractivity contribution is -0.215. The number of aliphatic hydroxyl groups is 4. The van der Waals surface area contributed by atoms with Crippen LogP contribution in [0.15, 0.2) is 0 Å². The zero-order valence-electron chi connectivity index (χ0n) is 9.57. The largest absolute Gasteiger partial charge is 0.470 e. The molecule has 20 heavy (non-hydrogen) atoms. The van der Waals surface area contributed by atoms with Crippen LogP contribution in [0.3, 0.4) is 0 Å². The van der Waals surface area contributed by atoms with E-state index in [-0.39, 0.29) is 0 Å². The van der Waals surface area contributed by atoms with Crippen molar-refractivity contribution in [3.8, 4) is 0 Å². The molecule has 0 aromatic heterocycles. The summed E-state index contributed by atoms with van der Waals surface area (Å²) in [6.45, 7) is 0. The lowest BCUT2D eigenvalue weighted by atomic mass is 9.85. The molecule has 0 radical (unpaired) electrons. The van der Waals surface area contributed by atoms with Gasteiger partial charge in [0.15, 0.2) is 0 Å².